The molecule has 0 amide bonds. The molecular weight excluding hydrogens is 260 g/mol. The van der Waals surface area contributed by atoms with E-state index in [2.05, 4.69) is 20.6 Å². The number of nitrogens with zero attached hydrogens (tertiary/aromatic N) is 2. The largest absolute Gasteiger partial charge is 0.396 e. The molecule has 0 aliphatic carbocycles. The highest BCUT2D eigenvalue weighted by atomic mass is 32.1. The normalized spacial score (nSPS) is 11.8. The molecule has 0 aliphatic heterocycles. The molecule has 0 radical (unpaired) electrons. The molecule has 104 valence electrons. The highest BCUT2D eigenvalue weighted by molar-refractivity contribution is 7.16. The van der Waals surface area contributed by atoms with Crippen molar-refractivity contribution in [1.29, 1.82) is 0 Å². The van der Waals surface area contributed by atoms with Crippen LogP contribution >= 0.6 is 11.3 Å². The van der Waals surface area contributed by atoms with Crippen LogP contribution in [0.4, 0.5) is 11.8 Å². The third-order valence-electron chi connectivity index (χ3n) is 2.82. The van der Waals surface area contributed by atoms with Gasteiger partial charge in [0.15, 0.2) is 0 Å². The van der Waals surface area contributed by atoms with Crippen LogP contribution in [0.5, 0.6) is 0 Å². The van der Waals surface area contributed by atoms with Crippen LogP contribution in [0.3, 0.4) is 0 Å². The molecule has 6 heteroatoms. The summed E-state index contributed by atoms with van der Waals surface area (Å²) in [6.45, 7) is 7.63. The number of nitrogens with one attached hydrogen (secondary N) is 2. The van der Waals surface area contributed by atoms with E-state index in [1.54, 1.807) is 11.3 Å². The summed E-state index contributed by atoms with van der Waals surface area (Å²) in [5.41, 5.74) is -0.175. The summed E-state index contributed by atoms with van der Waals surface area (Å²) in [5, 5.41) is 18.8. The first kappa shape index (κ1) is 14.0. The number of rotatable bonds is 6. The number of aliphatic hydroxyl groups is 1. The third-order valence-corrected chi connectivity index (χ3v) is 3.63. The van der Waals surface area contributed by atoms with E-state index in [1.165, 1.54) is 0 Å². The van der Waals surface area contributed by atoms with Gasteiger partial charge in [0.25, 0.3) is 0 Å². The molecule has 0 saturated heterocycles. The monoisotopic (exact) mass is 280 g/mol. The molecule has 0 unspecified atom stereocenters. The Balaban J connectivity index is 2.27. The Kier molecular flexibility index (Phi) is 4.21. The molecule has 0 saturated carbocycles. The maximum atomic E-state index is 9.30. The van der Waals surface area contributed by atoms with E-state index < -0.39 is 0 Å². The predicted molar refractivity (Wildman–Crippen MR) is 80.9 cm³/mol. The van der Waals surface area contributed by atoms with Gasteiger partial charge in [-0.25, -0.2) is 4.98 Å². The molecule has 0 atom stereocenters. The van der Waals surface area contributed by atoms with E-state index in [-0.39, 0.29) is 12.0 Å². The average Bonchev–Trinajstić information content (AvgIpc) is 2.85. The van der Waals surface area contributed by atoms with Crippen LogP contribution < -0.4 is 10.6 Å². The molecule has 3 N–H and O–H groups in total. The maximum absolute atomic E-state index is 9.30. The van der Waals surface area contributed by atoms with Crippen molar-refractivity contribution in [3.05, 3.63) is 11.4 Å². The Morgan fingerprint density at radius 3 is 2.79 bits per heavy atom. The first-order chi connectivity index (χ1) is 9.05. The summed E-state index contributed by atoms with van der Waals surface area (Å²) < 4.78 is 0. The summed E-state index contributed by atoms with van der Waals surface area (Å²) in [6, 6.07) is 2.02. The van der Waals surface area contributed by atoms with Crippen LogP contribution in [-0.2, 0) is 0 Å². The minimum absolute atomic E-state index is 0.137. The number of aliphatic hydroxyl groups excluding tert-OH is 1. The second kappa shape index (κ2) is 5.71. The number of fused-ring (bicyclic) bond motifs is 1. The summed E-state index contributed by atoms with van der Waals surface area (Å²) in [5.74, 6) is 1.46. The van der Waals surface area contributed by atoms with Crippen molar-refractivity contribution < 1.29 is 5.11 Å². The fourth-order valence-electron chi connectivity index (χ4n) is 1.61. The van der Waals surface area contributed by atoms with E-state index in [0.717, 1.165) is 22.6 Å². The van der Waals surface area contributed by atoms with Crippen molar-refractivity contribution in [3.8, 4) is 0 Å². The van der Waals surface area contributed by atoms with E-state index in [9.17, 15) is 5.11 Å². The van der Waals surface area contributed by atoms with Gasteiger partial charge in [0.05, 0.1) is 5.39 Å². The molecule has 2 aromatic rings. The minimum atomic E-state index is -0.175. The Hall–Kier alpha value is -1.40. The standard InChI is InChI=1S/C13H20N4OS/c1-4-14-12-16-10(15-7-13(2,3)8-18)9-5-6-19-11(9)17-12/h5-6,18H,4,7-8H2,1-3H3,(H2,14,15,16,17). The highest BCUT2D eigenvalue weighted by Crippen LogP contribution is 2.27. The molecule has 0 spiro atoms. The molecule has 0 aliphatic rings. The zero-order chi connectivity index (χ0) is 13.9. The Morgan fingerprint density at radius 1 is 1.32 bits per heavy atom. The predicted octanol–water partition coefficient (Wildman–Crippen LogP) is 2.55. The molecule has 5 nitrogen and oxygen atoms in total. The lowest BCUT2D eigenvalue weighted by atomic mass is 9.95. The summed E-state index contributed by atoms with van der Waals surface area (Å²) in [4.78, 5) is 9.92. The van der Waals surface area contributed by atoms with Crippen molar-refractivity contribution in [2.75, 3.05) is 30.3 Å². The van der Waals surface area contributed by atoms with Gasteiger partial charge in [-0.1, -0.05) is 13.8 Å². The van der Waals surface area contributed by atoms with Crippen LogP contribution in [0.2, 0.25) is 0 Å². The molecule has 19 heavy (non-hydrogen) atoms. The number of thiophene rings is 1. The fourth-order valence-corrected chi connectivity index (χ4v) is 2.37. The molecule has 0 aromatic carbocycles. The SMILES string of the molecule is CCNc1nc(NCC(C)(C)CO)c2ccsc2n1. The van der Waals surface area contributed by atoms with Gasteiger partial charge in [0, 0.05) is 25.1 Å². The quantitative estimate of drug-likeness (QED) is 0.758. The molecular formula is C13H20N4OS. The number of anilines is 2. The zero-order valence-electron chi connectivity index (χ0n) is 11.5. The third kappa shape index (κ3) is 3.33. The van der Waals surface area contributed by atoms with Crippen molar-refractivity contribution in [2.45, 2.75) is 20.8 Å². The first-order valence-corrected chi connectivity index (χ1v) is 7.27. The van der Waals surface area contributed by atoms with Crippen LogP contribution in [0, 0.1) is 5.41 Å². The first-order valence-electron chi connectivity index (χ1n) is 6.39. The Labute approximate surface area is 117 Å². The fraction of sp³-hybridized carbons (Fsp3) is 0.538. The average molecular weight is 280 g/mol. The summed E-state index contributed by atoms with van der Waals surface area (Å²) in [7, 11) is 0. The van der Waals surface area contributed by atoms with Crippen LogP contribution in [-0.4, -0.2) is 34.8 Å². The van der Waals surface area contributed by atoms with Gasteiger partial charge in [-0.05, 0) is 18.4 Å². The van der Waals surface area contributed by atoms with E-state index in [0.29, 0.717) is 12.5 Å². The van der Waals surface area contributed by atoms with Crippen LogP contribution in [0.15, 0.2) is 11.4 Å². The topological polar surface area (TPSA) is 70.1 Å². The molecule has 2 heterocycles. The van der Waals surface area contributed by atoms with Gasteiger partial charge in [0.1, 0.15) is 10.6 Å². The lowest BCUT2D eigenvalue weighted by Crippen LogP contribution is -2.27. The van der Waals surface area contributed by atoms with E-state index in [1.807, 2.05) is 32.2 Å². The number of hydrogen-bond acceptors (Lipinski definition) is 6. The minimum Gasteiger partial charge on any atom is -0.396 e. The van der Waals surface area contributed by atoms with E-state index >= 15 is 0 Å². The smallest absolute Gasteiger partial charge is 0.226 e. The highest BCUT2D eigenvalue weighted by Gasteiger charge is 2.17. The van der Waals surface area contributed by atoms with Gasteiger partial charge in [-0.15, -0.1) is 11.3 Å². The van der Waals surface area contributed by atoms with Gasteiger partial charge in [-0.3, -0.25) is 0 Å². The van der Waals surface area contributed by atoms with Gasteiger partial charge in [-0.2, -0.15) is 4.98 Å². The van der Waals surface area contributed by atoms with Crippen molar-refractivity contribution in [2.24, 2.45) is 5.41 Å². The summed E-state index contributed by atoms with van der Waals surface area (Å²) in [6.07, 6.45) is 0. The number of aromatic nitrogens is 2. The molecule has 0 bridgehead atoms. The van der Waals surface area contributed by atoms with E-state index in [4.69, 9.17) is 0 Å². The maximum Gasteiger partial charge on any atom is 0.226 e. The summed E-state index contributed by atoms with van der Waals surface area (Å²) >= 11 is 1.60. The van der Waals surface area contributed by atoms with Crippen LogP contribution in [0.25, 0.3) is 10.2 Å². The molecule has 2 rings (SSSR count). The van der Waals surface area contributed by atoms with Gasteiger partial charge < -0.3 is 15.7 Å². The van der Waals surface area contributed by atoms with Crippen molar-refractivity contribution in [3.63, 3.8) is 0 Å². The lowest BCUT2D eigenvalue weighted by Gasteiger charge is -2.22. The Morgan fingerprint density at radius 2 is 2.11 bits per heavy atom. The number of hydrogen-bond donors (Lipinski definition) is 3. The van der Waals surface area contributed by atoms with Crippen molar-refractivity contribution >= 4 is 33.3 Å². The lowest BCUT2D eigenvalue weighted by molar-refractivity contribution is 0.171. The zero-order valence-corrected chi connectivity index (χ0v) is 12.3. The van der Waals surface area contributed by atoms with Gasteiger partial charge in [0.2, 0.25) is 5.95 Å². The Bertz CT molecular complexity index is 553. The second-order valence-electron chi connectivity index (χ2n) is 5.24. The molecule has 2 aromatic heterocycles. The van der Waals surface area contributed by atoms with Gasteiger partial charge >= 0.3 is 0 Å². The molecule has 0 fully saturated rings. The van der Waals surface area contributed by atoms with Crippen LogP contribution in [0.1, 0.15) is 20.8 Å². The second-order valence-corrected chi connectivity index (χ2v) is 6.14. The van der Waals surface area contributed by atoms with Crippen molar-refractivity contribution in [1.82, 2.24) is 9.97 Å².